The van der Waals surface area contributed by atoms with E-state index < -0.39 is 0 Å². The van der Waals surface area contributed by atoms with Crippen molar-refractivity contribution in [1.29, 1.82) is 0 Å². The maximum absolute atomic E-state index is 4.22. The van der Waals surface area contributed by atoms with E-state index in [4.69, 9.17) is 0 Å². The molecule has 2 heterocycles. The van der Waals surface area contributed by atoms with Crippen LogP contribution >= 0.6 is 0 Å². The van der Waals surface area contributed by atoms with Gasteiger partial charge in [0.25, 0.3) is 0 Å². The quantitative estimate of drug-likeness (QED) is 0.924. The van der Waals surface area contributed by atoms with Crippen LogP contribution in [0.15, 0.2) is 36.7 Å². The van der Waals surface area contributed by atoms with Crippen molar-refractivity contribution in [2.75, 3.05) is 24.5 Å². The van der Waals surface area contributed by atoms with Gasteiger partial charge in [-0.1, -0.05) is 26.0 Å². The number of benzene rings is 1. The Morgan fingerprint density at radius 2 is 2.25 bits per heavy atom. The first kappa shape index (κ1) is 13.4. The minimum absolute atomic E-state index is 0.577. The average Bonchev–Trinajstić information content (AvgIpc) is 2.93. The summed E-state index contributed by atoms with van der Waals surface area (Å²) in [5, 5.41) is 6.11. The predicted molar refractivity (Wildman–Crippen MR) is 85.2 cm³/mol. The Balaban J connectivity index is 1.76. The molecule has 3 rings (SSSR count). The number of nitrogens with one attached hydrogen (secondary N) is 1. The van der Waals surface area contributed by atoms with Crippen molar-refractivity contribution in [1.82, 2.24) is 10.3 Å². The van der Waals surface area contributed by atoms with Crippen LogP contribution in [0.4, 0.5) is 5.69 Å². The van der Waals surface area contributed by atoms with Gasteiger partial charge in [0.1, 0.15) is 0 Å². The van der Waals surface area contributed by atoms with Crippen LogP contribution in [-0.4, -0.2) is 30.7 Å². The van der Waals surface area contributed by atoms with Gasteiger partial charge >= 0.3 is 0 Å². The lowest BCUT2D eigenvalue weighted by Gasteiger charge is -2.21. The molecule has 0 bridgehead atoms. The van der Waals surface area contributed by atoms with Gasteiger partial charge in [-0.05, 0) is 31.0 Å². The second-order valence-corrected chi connectivity index (χ2v) is 6.04. The molecule has 0 spiro atoms. The normalized spacial score (nSPS) is 19.1. The monoisotopic (exact) mass is 269 g/mol. The molecule has 0 amide bonds. The van der Waals surface area contributed by atoms with Gasteiger partial charge in [0, 0.05) is 48.0 Å². The minimum atomic E-state index is 0.577. The van der Waals surface area contributed by atoms with E-state index in [1.54, 1.807) is 0 Å². The molecule has 1 aliphatic heterocycles. The summed E-state index contributed by atoms with van der Waals surface area (Å²) in [6.45, 7) is 7.86. The molecule has 0 saturated carbocycles. The Bertz CT molecular complexity index is 574. The number of aromatic nitrogens is 1. The molecule has 1 saturated heterocycles. The maximum atomic E-state index is 4.22. The highest BCUT2D eigenvalue weighted by atomic mass is 15.2. The zero-order chi connectivity index (χ0) is 13.9. The third-order valence-corrected chi connectivity index (χ3v) is 4.10. The third-order valence-electron chi connectivity index (χ3n) is 4.10. The third kappa shape index (κ3) is 2.78. The minimum Gasteiger partial charge on any atom is -0.371 e. The second kappa shape index (κ2) is 5.80. The molecule has 1 unspecified atom stereocenters. The number of rotatable bonds is 4. The van der Waals surface area contributed by atoms with E-state index in [0.717, 1.165) is 25.6 Å². The summed E-state index contributed by atoms with van der Waals surface area (Å²) in [6, 6.07) is 9.22. The van der Waals surface area contributed by atoms with Crippen molar-refractivity contribution >= 4 is 16.5 Å². The average molecular weight is 269 g/mol. The molecule has 106 valence electrons. The smallest absolute Gasteiger partial charge is 0.0447 e. The van der Waals surface area contributed by atoms with Crippen molar-refractivity contribution in [3.8, 4) is 0 Å². The van der Waals surface area contributed by atoms with Crippen molar-refractivity contribution in [2.45, 2.75) is 26.3 Å². The molecule has 3 nitrogen and oxygen atoms in total. The van der Waals surface area contributed by atoms with Gasteiger partial charge in [-0.15, -0.1) is 0 Å². The zero-order valence-corrected chi connectivity index (χ0v) is 12.3. The van der Waals surface area contributed by atoms with Crippen LogP contribution in [0.3, 0.4) is 0 Å². The Hall–Kier alpha value is -1.61. The van der Waals surface area contributed by atoms with Crippen molar-refractivity contribution in [3.63, 3.8) is 0 Å². The van der Waals surface area contributed by atoms with E-state index in [9.17, 15) is 0 Å². The molecule has 2 aromatic rings. The summed E-state index contributed by atoms with van der Waals surface area (Å²) in [5.41, 5.74) is 1.36. The number of nitrogens with zero attached hydrogens (tertiary/aromatic N) is 2. The Labute approximate surface area is 121 Å². The van der Waals surface area contributed by atoms with Crippen LogP contribution in [0.25, 0.3) is 10.8 Å². The lowest BCUT2D eigenvalue weighted by molar-refractivity contribution is 0.480. The molecule has 0 aliphatic carbocycles. The van der Waals surface area contributed by atoms with E-state index >= 15 is 0 Å². The summed E-state index contributed by atoms with van der Waals surface area (Å²) in [4.78, 5) is 6.74. The molecule has 1 atom stereocenters. The number of hydrogen-bond acceptors (Lipinski definition) is 3. The van der Waals surface area contributed by atoms with Crippen LogP contribution in [0.5, 0.6) is 0 Å². The molecule has 1 fully saturated rings. The largest absolute Gasteiger partial charge is 0.371 e. The predicted octanol–water partition coefficient (Wildman–Crippen LogP) is 3.06. The first-order valence-corrected chi connectivity index (χ1v) is 7.55. The first-order valence-electron chi connectivity index (χ1n) is 7.55. The Morgan fingerprint density at radius 3 is 3.10 bits per heavy atom. The maximum Gasteiger partial charge on any atom is 0.0447 e. The molecule has 1 aromatic carbocycles. The highest BCUT2D eigenvalue weighted by Gasteiger charge is 2.23. The van der Waals surface area contributed by atoms with Crippen LogP contribution in [-0.2, 0) is 0 Å². The summed E-state index contributed by atoms with van der Waals surface area (Å²) in [5.74, 6) is 0.759. The number of hydrogen-bond donors (Lipinski definition) is 1. The van der Waals surface area contributed by atoms with Crippen LogP contribution in [0.1, 0.15) is 20.3 Å². The van der Waals surface area contributed by atoms with Gasteiger partial charge < -0.3 is 10.2 Å². The zero-order valence-electron chi connectivity index (χ0n) is 12.3. The molecule has 1 aromatic heterocycles. The van der Waals surface area contributed by atoms with Gasteiger partial charge in [-0.3, -0.25) is 4.98 Å². The fourth-order valence-electron chi connectivity index (χ4n) is 3.00. The van der Waals surface area contributed by atoms with Gasteiger partial charge in [0.15, 0.2) is 0 Å². The summed E-state index contributed by atoms with van der Waals surface area (Å²) >= 11 is 0. The fourth-order valence-corrected chi connectivity index (χ4v) is 3.00. The van der Waals surface area contributed by atoms with Gasteiger partial charge in [-0.2, -0.15) is 0 Å². The molecule has 20 heavy (non-hydrogen) atoms. The number of fused-ring (bicyclic) bond motifs is 1. The van der Waals surface area contributed by atoms with Crippen molar-refractivity contribution in [2.24, 2.45) is 5.92 Å². The van der Waals surface area contributed by atoms with Crippen molar-refractivity contribution < 1.29 is 0 Å². The lowest BCUT2D eigenvalue weighted by atomic mass is 10.1. The lowest BCUT2D eigenvalue weighted by Crippen LogP contribution is -2.30. The number of pyridine rings is 1. The topological polar surface area (TPSA) is 28.2 Å². The molecule has 0 radical (unpaired) electrons. The standard InChI is InChI=1S/C17H23N3/c1-13(2)19-10-14-7-9-20(12-14)17-5-3-4-15-11-18-8-6-16(15)17/h3-6,8,11,13-14,19H,7,9-10,12H2,1-2H3. The van der Waals surface area contributed by atoms with Crippen LogP contribution in [0.2, 0.25) is 0 Å². The van der Waals surface area contributed by atoms with E-state index in [2.05, 4.69) is 53.3 Å². The Kier molecular flexibility index (Phi) is 3.88. The van der Waals surface area contributed by atoms with E-state index in [1.807, 2.05) is 12.4 Å². The second-order valence-electron chi connectivity index (χ2n) is 6.04. The molecule has 1 aliphatic rings. The summed E-state index contributed by atoms with van der Waals surface area (Å²) in [6.07, 6.45) is 5.12. The van der Waals surface area contributed by atoms with Gasteiger partial charge in [0.2, 0.25) is 0 Å². The number of anilines is 1. The van der Waals surface area contributed by atoms with Crippen LogP contribution in [0, 0.1) is 5.92 Å². The van der Waals surface area contributed by atoms with Gasteiger partial charge in [0.05, 0.1) is 0 Å². The summed E-state index contributed by atoms with van der Waals surface area (Å²) in [7, 11) is 0. The van der Waals surface area contributed by atoms with E-state index in [1.165, 1.54) is 22.9 Å². The summed E-state index contributed by atoms with van der Waals surface area (Å²) < 4.78 is 0. The highest BCUT2D eigenvalue weighted by molar-refractivity contribution is 5.93. The first-order chi connectivity index (χ1) is 9.74. The molecule has 3 heteroatoms. The molecular formula is C17H23N3. The van der Waals surface area contributed by atoms with E-state index in [0.29, 0.717) is 6.04 Å². The SMILES string of the molecule is CC(C)NCC1CCN(c2cccc3cnccc23)C1. The highest BCUT2D eigenvalue weighted by Crippen LogP contribution is 2.30. The fraction of sp³-hybridized carbons (Fsp3) is 0.471. The Morgan fingerprint density at radius 1 is 1.35 bits per heavy atom. The molecule has 1 N–H and O–H groups in total. The van der Waals surface area contributed by atoms with Gasteiger partial charge in [-0.25, -0.2) is 0 Å². The van der Waals surface area contributed by atoms with Crippen molar-refractivity contribution in [3.05, 3.63) is 36.7 Å². The van der Waals surface area contributed by atoms with Crippen LogP contribution < -0.4 is 10.2 Å². The van der Waals surface area contributed by atoms with E-state index in [-0.39, 0.29) is 0 Å². The molecular weight excluding hydrogens is 246 g/mol.